The zero-order valence-corrected chi connectivity index (χ0v) is 20.2. The Morgan fingerprint density at radius 1 is 1.11 bits per heavy atom. The van der Waals surface area contributed by atoms with Gasteiger partial charge in [-0.05, 0) is 43.2 Å². The highest BCUT2D eigenvalue weighted by Crippen LogP contribution is 2.26. The fraction of sp³-hybridized carbons (Fsp3) is 0.222. The standard InChI is InChI=1S/C27H25ClN4O4/c28-20-9-4-10-21(15-20)32-17-23(19-7-2-1-3-8-19)29-27(32)30-25(33)18-31(16-22-11-5-13-35-22)26(34)24-12-6-14-36-24/h1-4,6-10,12,14-15,17,22H,5,11,13,16,18H2,(H,29,30,33). The number of hydrogen-bond donors (Lipinski definition) is 1. The number of nitrogens with one attached hydrogen (secondary N) is 1. The van der Waals surface area contributed by atoms with Crippen LogP contribution in [0.4, 0.5) is 5.95 Å². The van der Waals surface area contributed by atoms with E-state index in [1.807, 2.05) is 48.7 Å². The Hall–Kier alpha value is -3.88. The predicted octanol–water partition coefficient (Wildman–Crippen LogP) is 5.05. The van der Waals surface area contributed by atoms with E-state index in [4.69, 9.17) is 20.8 Å². The molecule has 0 bridgehead atoms. The smallest absolute Gasteiger partial charge is 0.290 e. The molecular weight excluding hydrogens is 480 g/mol. The van der Waals surface area contributed by atoms with Crippen molar-refractivity contribution in [2.75, 3.05) is 25.0 Å². The van der Waals surface area contributed by atoms with Crippen LogP contribution in [-0.4, -0.2) is 52.1 Å². The molecule has 1 aliphatic rings. The molecule has 0 spiro atoms. The van der Waals surface area contributed by atoms with Gasteiger partial charge in [-0.3, -0.25) is 19.5 Å². The number of imidazole rings is 1. The van der Waals surface area contributed by atoms with Crippen molar-refractivity contribution in [1.29, 1.82) is 0 Å². The predicted molar refractivity (Wildman–Crippen MR) is 136 cm³/mol. The largest absolute Gasteiger partial charge is 0.459 e. The number of carbonyl (C=O) groups excluding carboxylic acids is 2. The fourth-order valence-electron chi connectivity index (χ4n) is 4.19. The molecule has 1 fully saturated rings. The second kappa shape index (κ2) is 10.8. The van der Waals surface area contributed by atoms with Crippen molar-refractivity contribution in [2.24, 2.45) is 0 Å². The van der Waals surface area contributed by atoms with E-state index in [1.54, 1.807) is 28.8 Å². The van der Waals surface area contributed by atoms with Crippen molar-refractivity contribution in [2.45, 2.75) is 18.9 Å². The van der Waals surface area contributed by atoms with Gasteiger partial charge in [0.25, 0.3) is 5.91 Å². The van der Waals surface area contributed by atoms with Crippen molar-refractivity contribution in [3.05, 3.63) is 90.0 Å². The first-order chi connectivity index (χ1) is 17.6. The van der Waals surface area contributed by atoms with E-state index in [9.17, 15) is 9.59 Å². The van der Waals surface area contributed by atoms with Gasteiger partial charge in [-0.2, -0.15) is 0 Å². The molecule has 36 heavy (non-hydrogen) atoms. The molecule has 0 radical (unpaired) electrons. The Morgan fingerprint density at radius 3 is 2.69 bits per heavy atom. The number of furan rings is 1. The summed E-state index contributed by atoms with van der Waals surface area (Å²) < 4.78 is 12.8. The fourth-order valence-corrected chi connectivity index (χ4v) is 4.37. The zero-order chi connectivity index (χ0) is 24.9. The van der Waals surface area contributed by atoms with Gasteiger partial charge in [-0.15, -0.1) is 0 Å². The van der Waals surface area contributed by atoms with Crippen molar-refractivity contribution in [3.8, 4) is 16.9 Å². The maximum absolute atomic E-state index is 13.2. The maximum atomic E-state index is 13.2. The molecule has 1 unspecified atom stereocenters. The van der Waals surface area contributed by atoms with E-state index in [-0.39, 0.29) is 30.2 Å². The number of hydrogen-bond acceptors (Lipinski definition) is 5. The third-order valence-electron chi connectivity index (χ3n) is 5.91. The topological polar surface area (TPSA) is 89.6 Å². The highest BCUT2D eigenvalue weighted by atomic mass is 35.5. The third kappa shape index (κ3) is 5.50. The van der Waals surface area contributed by atoms with Gasteiger partial charge in [0, 0.05) is 35.6 Å². The molecule has 1 atom stereocenters. The van der Waals surface area contributed by atoms with E-state index in [0.717, 1.165) is 24.1 Å². The minimum absolute atomic E-state index is 0.116. The number of carbonyl (C=O) groups is 2. The number of benzene rings is 2. The molecule has 1 saturated heterocycles. The van der Waals surface area contributed by atoms with Gasteiger partial charge in [0.15, 0.2) is 5.76 Å². The molecule has 2 amide bonds. The summed E-state index contributed by atoms with van der Waals surface area (Å²) in [5.41, 5.74) is 2.34. The van der Waals surface area contributed by atoms with Gasteiger partial charge in [-0.25, -0.2) is 4.98 Å². The number of amides is 2. The van der Waals surface area contributed by atoms with Crippen LogP contribution in [0, 0.1) is 0 Å². The lowest BCUT2D eigenvalue weighted by Gasteiger charge is -2.24. The average Bonchev–Trinajstić information content (AvgIpc) is 3.66. The summed E-state index contributed by atoms with van der Waals surface area (Å²) in [7, 11) is 0. The lowest BCUT2D eigenvalue weighted by molar-refractivity contribution is -0.117. The van der Waals surface area contributed by atoms with Crippen LogP contribution >= 0.6 is 11.6 Å². The summed E-state index contributed by atoms with van der Waals surface area (Å²) in [6.45, 7) is 0.770. The van der Waals surface area contributed by atoms with Gasteiger partial charge < -0.3 is 14.1 Å². The molecule has 4 aromatic rings. The van der Waals surface area contributed by atoms with Crippen LogP contribution in [0.2, 0.25) is 5.02 Å². The van der Waals surface area contributed by atoms with Crippen LogP contribution in [0.5, 0.6) is 0 Å². The Bertz CT molecular complexity index is 1330. The number of ether oxygens (including phenoxy) is 1. The number of nitrogens with zero attached hydrogens (tertiary/aromatic N) is 3. The second-order valence-electron chi connectivity index (χ2n) is 8.51. The Balaban J connectivity index is 1.40. The highest BCUT2D eigenvalue weighted by Gasteiger charge is 2.27. The quantitative estimate of drug-likeness (QED) is 0.363. The Kier molecular flexibility index (Phi) is 7.16. The van der Waals surface area contributed by atoms with Crippen LogP contribution in [0.3, 0.4) is 0 Å². The van der Waals surface area contributed by atoms with Crippen LogP contribution in [0.1, 0.15) is 23.4 Å². The Labute approximate surface area is 213 Å². The van der Waals surface area contributed by atoms with E-state index < -0.39 is 0 Å². The lowest BCUT2D eigenvalue weighted by Crippen LogP contribution is -2.42. The van der Waals surface area contributed by atoms with Crippen LogP contribution in [0.15, 0.2) is 83.6 Å². The summed E-state index contributed by atoms with van der Waals surface area (Å²) >= 11 is 6.22. The van der Waals surface area contributed by atoms with Crippen molar-refractivity contribution in [3.63, 3.8) is 0 Å². The molecule has 1 N–H and O–H groups in total. The first-order valence-electron chi connectivity index (χ1n) is 11.7. The van der Waals surface area contributed by atoms with Crippen molar-refractivity contribution in [1.82, 2.24) is 14.5 Å². The monoisotopic (exact) mass is 504 g/mol. The van der Waals surface area contributed by atoms with E-state index in [2.05, 4.69) is 10.3 Å². The number of anilines is 1. The summed E-state index contributed by atoms with van der Waals surface area (Å²) in [4.78, 5) is 32.4. The average molecular weight is 505 g/mol. The minimum Gasteiger partial charge on any atom is -0.459 e. The zero-order valence-electron chi connectivity index (χ0n) is 19.5. The first kappa shape index (κ1) is 23.8. The van der Waals surface area contributed by atoms with Gasteiger partial charge >= 0.3 is 0 Å². The summed E-state index contributed by atoms with van der Waals surface area (Å²) in [6.07, 6.45) is 4.93. The lowest BCUT2D eigenvalue weighted by atomic mass is 10.2. The molecule has 0 saturated carbocycles. The van der Waals surface area contributed by atoms with Crippen LogP contribution in [0.25, 0.3) is 16.9 Å². The third-order valence-corrected chi connectivity index (χ3v) is 6.15. The molecular formula is C27H25ClN4O4. The van der Waals surface area contributed by atoms with Crippen molar-refractivity contribution >= 4 is 29.4 Å². The molecule has 9 heteroatoms. The van der Waals surface area contributed by atoms with Gasteiger partial charge in [-0.1, -0.05) is 48.0 Å². The molecule has 2 aromatic heterocycles. The maximum Gasteiger partial charge on any atom is 0.290 e. The summed E-state index contributed by atoms with van der Waals surface area (Å²) in [5, 5.41) is 3.44. The van der Waals surface area contributed by atoms with Crippen molar-refractivity contribution < 1.29 is 18.7 Å². The summed E-state index contributed by atoms with van der Waals surface area (Å²) in [5.74, 6) is -0.258. The number of halogens is 1. The molecule has 5 rings (SSSR count). The molecule has 184 valence electrons. The first-order valence-corrected chi connectivity index (χ1v) is 12.1. The molecule has 1 aliphatic heterocycles. The highest BCUT2D eigenvalue weighted by molar-refractivity contribution is 6.30. The minimum atomic E-state index is -0.388. The van der Waals surface area contributed by atoms with E-state index >= 15 is 0 Å². The van der Waals surface area contributed by atoms with E-state index in [1.165, 1.54) is 11.2 Å². The second-order valence-corrected chi connectivity index (χ2v) is 8.95. The molecule has 2 aromatic carbocycles. The van der Waals surface area contributed by atoms with Gasteiger partial charge in [0.2, 0.25) is 11.9 Å². The number of rotatable bonds is 8. The SMILES string of the molecule is O=C(CN(CC1CCCO1)C(=O)c1ccco1)Nc1nc(-c2ccccc2)cn1-c1cccc(Cl)c1. The normalized spacial score (nSPS) is 15.1. The summed E-state index contributed by atoms with van der Waals surface area (Å²) in [6, 6.07) is 20.2. The van der Waals surface area contributed by atoms with Crippen LogP contribution in [-0.2, 0) is 9.53 Å². The molecule has 3 heterocycles. The Morgan fingerprint density at radius 2 is 1.97 bits per heavy atom. The van der Waals surface area contributed by atoms with Gasteiger partial charge in [0.05, 0.1) is 18.1 Å². The number of aromatic nitrogens is 2. The molecule has 0 aliphatic carbocycles. The molecule has 8 nitrogen and oxygen atoms in total. The van der Waals surface area contributed by atoms with Crippen LogP contribution < -0.4 is 5.32 Å². The van der Waals surface area contributed by atoms with Gasteiger partial charge in [0.1, 0.15) is 6.54 Å². The van der Waals surface area contributed by atoms with E-state index in [0.29, 0.717) is 29.8 Å².